The molecule has 3 rings (SSSR count). The van der Waals surface area contributed by atoms with Crippen molar-refractivity contribution in [2.24, 2.45) is 5.73 Å². The smallest absolute Gasteiger partial charge is 0.0646 e. The Bertz CT molecular complexity index is 665. The van der Waals surface area contributed by atoms with Gasteiger partial charge in [-0.2, -0.15) is 0 Å². The van der Waals surface area contributed by atoms with E-state index in [1.807, 2.05) is 0 Å². The van der Waals surface area contributed by atoms with Gasteiger partial charge in [0, 0.05) is 14.3 Å². The summed E-state index contributed by atoms with van der Waals surface area (Å²) in [7, 11) is 0. The summed E-state index contributed by atoms with van der Waals surface area (Å²) in [5, 5.41) is 2.13. The molecule has 1 atom stereocenters. The maximum absolute atomic E-state index is 6.37. The summed E-state index contributed by atoms with van der Waals surface area (Å²) >= 11 is 3.58. The average Bonchev–Trinajstić information content (AvgIpc) is 2.92. The van der Waals surface area contributed by atoms with Gasteiger partial charge in [-0.15, -0.1) is 22.7 Å². The minimum Gasteiger partial charge on any atom is -0.320 e. The third-order valence-electron chi connectivity index (χ3n) is 3.36. The van der Waals surface area contributed by atoms with Crippen LogP contribution in [0.3, 0.4) is 0 Å². The van der Waals surface area contributed by atoms with Gasteiger partial charge < -0.3 is 5.73 Å². The molecule has 2 heterocycles. The molecule has 0 spiro atoms. The van der Waals surface area contributed by atoms with Crippen LogP contribution in [-0.2, 0) is 0 Å². The highest BCUT2D eigenvalue weighted by Gasteiger charge is 2.13. The molecule has 0 aliphatic rings. The number of hydrogen-bond acceptors (Lipinski definition) is 3. The first-order valence-corrected chi connectivity index (χ1v) is 7.64. The van der Waals surface area contributed by atoms with Crippen LogP contribution in [0.15, 0.2) is 35.7 Å². The molecule has 1 nitrogen and oxygen atoms in total. The molecule has 1 aromatic carbocycles. The van der Waals surface area contributed by atoms with Crippen LogP contribution < -0.4 is 5.73 Å². The van der Waals surface area contributed by atoms with E-state index in [1.165, 1.54) is 31.0 Å². The van der Waals surface area contributed by atoms with Crippen molar-refractivity contribution in [3.05, 3.63) is 57.3 Å². The zero-order chi connectivity index (χ0) is 12.7. The van der Waals surface area contributed by atoms with Crippen LogP contribution in [0.1, 0.15) is 27.6 Å². The van der Waals surface area contributed by atoms with Gasteiger partial charge >= 0.3 is 0 Å². The van der Waals surface area contributed by atoms with E-state index in [1.54, 1.807) is 22.7 Å². The topological polar surface area (TPSA) is 26.0 Å². The van der Waals surface area contributed by atoms with Crippen LogP contribution in [0.4, 0.5) is 0 Å². The van der Waals surface area contributed by atoms with E-state index in [0.717, 1.165) is 0 Å². The third kappa shape index (κ3) is 1.99. The Morgan fingerprint density at radius 1 is 1.00 bits per heavy atom. The van der Waals surface area contributed by atoms with Crippen molar-refractivity contribution >= 4 is 32.1 Å². The summed E-state index contributed by atoms with van der Waals surface area (Å²) in [5.74, 6) is 0. The predicted octanol–water partition coefficient (Wildman–Crippen LogP) is 4.63. The zero-order valence-electron chi connectivity index (χ0n) is 10.4. The first kappa shape index (κ1) is 11.9. The second kappa shape index (κ2) is 4.50. The molecular formula is C15H15NS2. The molecule has 0 fully saturated rings. The van der Waals surface area contributed by atoms with Crippen molar-refractivity contribution in [3.63, 3.8) is 0 Å². The fourth-order valence-corrected chi connectivity index (χ4v) is 4.21. The first-order chi connectivity index (χ1) is 8.65. The van der Waals surface area contributed by atoms with Gasteiger partial charge in [-0.3, -0.25) is 0 Å². The molecule has 0 aliphatic heterocycles. The molecule has 0 amide bonds. The molecular weight excluding hydrogens is 258 g/mol. The lowest BCUT2D eigenvalue weighted by atomic mass is 10.0. The molecule has 2 N–H and O–H groups in total. The largest absolute Gasteiger partial charge is 0.320 e. The van der Waals surface area contributed by atoms with E-state index < -0.39 is 0 Å². The summed E-state index contributed by atoms with van der Waals surface area (Å²) in [6.07, 6.45) is 0. The third-order valence-corrected chi connectivity index (χ3v) is 5.53. The highest BCUT2D eigenvalue weighted by atomic mass is 32.1. The standard InChI is InChI=1S/C15H15NS2/c1-9-3-4-11(7-10(9)2)15(16)14-8-13-12(18-14)5-6-17-13/h3-8,15H,16H2,1-2H3. The summed E-state index contributed by atoms with van der Waals surface area (Å²) in [4.78, 5) is 1.25. The monoisotopic (exact) mass is 273 g/mol. The Kier molecular flexibility index (Phi) is 2.98. The van der Waals surface area contributed by atoms with E-state index in [-0.39, 0.29) is 6.04 Å². The molecule has 3 heteroatoms. The van der Waals surface area contributed by atoms with Gasteiger partial charge in [-0.25, -0.2) is 0 Å². The van der Waals surface area contributed by atoms with E-state index in [2.05, 4.69) is 49.6 Å². The van der Waals surface area contributed by atoms with E-state index in [4.69, 9.17) is 5.73 Å². The van der Waals surface area contributed by atoms with E-state index in [0.29, 0.717) is 0 Å². The van der Waals surface area contributed by atoms with Crippen LogP contribution in [0.2, 0.25) is 0 Å². The zero-order valence-corrected chi connectivity index (χ0v) is 12.1. The van der Waals surface area contributed by atoms with Crippen molar-refractivity contribution in [1.82, 2.24) is 0 Å². The quantitative estimate of drug-likeness (QED) is 0.724. The van der Waals surface area contributed by atoms with Crippen LogP contribution in [-0.4, -0.2) is 0 Å². The molecule has 0 saturated heterocycles. The molecule has 3 aromatic rings. The van der Waals surface area contributed by atoms with Crippen LogP contribution in [0.25, 0.3) is 9.40 Å². The SMILES string of the molecule is Cc1ccc(C(N)c2cc3sccc3s2)cc1C. The Balaban J connectivity index is 2.00. The van der Waals surface area contributed by atoms with Gasteiger partial charge in [-0.1, -0.05) is 18.2 Å². The second-order valence-corrected chi connectivity index (χ2v) is 6.68. The summed E-state index contributed by atoms with van der Waals surface area (Å²) < 4.78 is 2.68. The first-order valence-electron chi connectivity index (χ1n) is 5.95. The van der Waals surface area contributed by atoms with E-state index in [9.17, 15) is 0 Å². The maximum Gasteiger partial charge on any atom is 0.0646 e. The number of nitrogens with two attached hydrogens (primary N) is 1. The van der Waals surface area contributed by atoms with E-state index >= 15 is 0 Å². The van der Waals surface area contributed by atoms with Gasteiger partial charge in [0.05, 0.1) is 6.04 Å². The van der Waals surface area contributed by atoms with Gasteiger partial charge in [-0.05, 0) is 48.1 Å². The summed E-state index contributed by atoms with van der Waals surface area (Å²) in [5.41, 5.74) is 10.2. The van der Waals surface area contributed by atoms with Gasteiger partial charge in [0.2, 0.25) is 0 Å². The number of aryl methyl sites for hydroxylation is 2. The van der Waals surface area contributed by atoms with Crippen LogP contribution >= 0.6 is 22.7 Å². The number of rotatable bonds is 2. The Morgan fingerprint density at radius 2 is 1.83 bits per heavy atom. The molecule has 0 aliphatic carbocycles. The molecule has 0 bridgehead atoms. The van der Waals surface area contributed by atoms with Crippen LogP contribution in [0, 0.1) is 13.8 Å². The molecule has 1 unspecified atom stereocenters. The van der Waals surface area contributed by atoms with Crippen molar-refractivity contribution in [3.8, 4) is 0 Å². The maximum atomic E-state index is 6.37. The number of fused-ring (bicyclic) bond motifs is 1. The van der Waals surface area contributed by atoms with Crippen molar-refractivity contribution in [1.29, 1.82) is 0 Å². The molecule has 2 aromatic heterocycles. The van der Waals surface area contributed by atoms with Gasteiger partial charge in [0.1, 0.15) is 0 Å². The number of benzene rings is 1. The molecule has 18 heavy (non-hydrogen) atoms. The minimum atomic E-state index is -0.00565. The van der Waals surface area contributed by atoms with Crippen molar-refractivity contribution < 1.29 is 0 Å². The predicted molar refractivity (Wildman–Crippen MR) is 81.6 cm³/mol. The Hall–Kier alpha value is -1.16. The molecule has 0 radical (unpaired) electrons. The lowest BCUT2D eigenvalue weighted by molar-refractivity contribution is 0.891. The Morgan fingerprint density at radius 3 is 2.56 bits per heavy atom. The number of hydrogen-bond donors (Lipinski definition) is 1. The lowest BCUT2D eigenvalue weighted by Crippen LogP contribution is -2.10. The minimum absolute atomic E-state index is 0.00565. The highest BCUT2D eigenvalue weighted by Crippen LogP contribution is 2.35. The normalized spacial score (nSPS) is 13.1. The Labute approximate surface area is 115 Å². The average molecular weight is 273 g/mol. The van der Waals surface area contributed by atoms with Gasteiger partial charge in [0.15, 0.2) is 0 Å². The van der Waals surface area contributed by atoms with Crippen LogP contribution in [0.5, 0.6) is 0 Å². The lowest BCUT2D eigenvalue weighted by Gasteiger charge is -2.11. The molecule has 92 valence electrons. The van der Waals surface area contributed by atoms with Crippen molar-refractivity contribution in [2.45, 2.75) is 19.9 Å². The highest BCUT2D eigenvalue weighted by molar-refractivity contribution is 7.27. The van der Waals surface area contributed by atoms with Crippen molar-refractivity contribution in [2.75, 3.05) is 0 Å². The fraction of sp³-hybridized carbons (Fsp3) is 0.200. The molecule has 0 saturated carbocycles. The summed E-state index contributed by atoms with van der Waals surface area (Å²) in [6, 6.07) is 10.9. The van der Waals surface area contributed by atoms with Gasteiger partial charge in [0.25, 0.3) is 0 Å². The number of thiophene rings is 2. The second-order valence-electron chi connectivity index (χ2n) is 4.62. The fourth-order valence-electron chi connectivity index (χ4n) is 2.06. The summed E-state index contributed by atoms with van der Waals surface area (Å²) in [6.45, 7) is 4.27.